The van der Waals surface area contributed by atoms with Gasteiger partial charge in [-0.1, -0.05) is 25.0 Å². The zero-order valence-corrected chi connectivity index (χ0v) is 13.2. The van der Waals surface area contributed by atoms with E-state index in [9.17, 15) is 19.1 Å². The number of hydrogen-bond donors (Lipinski definition) is 2. The molecular formula is C18H22FNO3. The van der Waals surface area contributed by atoms with Crippen LogP contribution in [0.2, 0.25) is 0 Å². The minimum Gasteiger partial charge on any atom is -0.481 e. The van der Waals surface area contributed by atoms with E-state index in [-0.39, 0.29) is 23.6 Å². The molecule has 4 atom stereocenters. The highest BCUT2D eigenvalue weighted by Gasteiger charge is 2.48. The average Bonchev–Trinajstić information content (AvgIpc) is 3.28. The Kier molecular flexibility index (Phi) is 4.13. The van der Waals surface area contributed by atoms with Crippen LogP contribution in [0.1, 0.15) is 50.5 Å². The van der Waals surface area contributed by atoms with Gasteiger partial charge in [-0.3, -0.25) is 9.59 Å². The van der Waals surface area contributed by atoms with Crippen molar-refractivity contribution in [2.24, 2.45) is 11.8 Å². The minimum absolute atomic E-state index is 0.0741. The molecule has 4 nitrogen and oxygen atoms in total. The Morgan fingerprint density at radius 3 is 2.61 bits per heavy atom. The summed E-state index contributed by atoms with van der Waals surface area (Å²) in [6, 6.07) is 6.25. The Morgan fingerprint density at radius 2 is 1.96 bits per heavy atom. The molecule has 2 fully saturated rings. The summed E-state index contributed by atoms with van der Waals surface area (Å²) in [7, 11) is 0. The van der Waals surface area contributed by atoms with Crippen molar-refractivity contribution in [2.75, 3.05) is 0 Å². The van der Waals surface area contributed by atoms with Gasteiger partial charge in [-0.2, -0.15) is 0 Å². The lowest BCUT2D eigenvalue weighted by atomic mass is 9.73. The van der Waals surface area contributed by atoms with E-state index in [0.717, 1.165) is 24.8 Å². The van der Waals surface area contributed by atoms with Gasteiger partial charge in [-0.15, -0.1) is 0 Å². The number of carbonyl (C=O) groups excluding carboxylic acids is 1. The number of amides is 1. The number of carboxylic acid groups (broad SMARTS) is 1. The van der Waals surface area contributed by atoms with E-state index in [1.165, 1.54) is 12.1 Å². The molecule has 0 radical (unpaired) electrons. The minimum atomic E-state index is -0.835. The van der Waals surface area contributed by atoms with Crippen LogP contribution in [-0.2, 0) is 9.59 Å². The molecule has 2 aliphatic rings. The molecule has 0 heterocycles. The molecule has 2 N–H and O–H groups in total. The van der Waals surface area contributed by atoms with Crippen LogP contribution in [0.3, 0.4) is 0 Å². The highest BCUT2D eigenvalue weighted by molar-refractivity contribution is 5.84. The SMILES string of the molecule is CC1(NC(=O)C2CC2c2ccc(F)cc2)CCCCC1C(=O)O. The number of hydrogen-bond acceptors (Lipinski definition) is 2. The number of halogens is 1. The van der Waals surface area contributed by atoms with Crippen molar-refractivity contribution >= 4 is 11.9 Å². The van der Waals surface area contributed by atoms with Crippen molar-refractivity contribution in [3.63, 3.8) is 0 Å². The Hall–Kier alpha value is -1.91. The molecule has 1 aromatic rings. The molecule has 124 valence electrons. The van der Waals surface area contributed by atoms with Gasteiger partial charge in [-0.05, 0) is 49.8 Å². The topological polar surface area (TPSA) is 66.4 Å². The van der Waals surface area contributed by atoms with Crippen LogP contribution < -0.4 is 5.32 Å². The summed E-state index contributed by atoms with van der Waals surface area (Å²) < 4.78 is 13.0. The first-order valence-corrected chi connectivity index (χ1v) is 8.21. The number of carboxylic acids is 1. The van der Waals surface area contributed by atoms with Crippen molar-refractivity contribution in [3.05, 3.63) is 35.6 Å². The zero-order chi connectivity index (χ0) is 16.6. The van der Waals surface area contributed by atoms with Crippen LogP contribution in [-0.4, -0.2) is 22.5 Å². The molecule has 2 saturated carbocycles. The molecule has 2 aliphatic carbocycles. The van der Waals surface area contributed by atoms with E-state index in [1.807, 2.05) is 6.92 Å². The first kappa shape index (κ1) is 16.0. The van der Waals surface area contributed by atoms with Gasteiger partial charge in [0, 0.05) is 5.92 Å². The second-order valence-electron chi connectivity index (χ2n) is 7.04. The predicted octanol–water partition coefficient (Wildman–Crippen LogP) is 3.08. The fourth-order valence-corrected chi connectivity index (χ4v) is 3.82. The number of benzene rings is 1. The zero-order valence-electron chi connectivity index (χ0n) is 13.2. The molecule has 0 spiro atoms. The third-order valence-electron chi connectivity index (χ3n) is 5.34. The lowest BCUT2D eigenvalue weighted by Gasteiger charge is -2.40. The molecule has 23 heavy (non-hydrogen) atoms. The molecule has 0 aliphatic heterocycles. The van der Waals surface area contributed by atoms with E-state index < -0.39 is 17.4 Å². The molecule has 1 amide bonds. The van der Waals surface area contributed by atoms with Crippen molar-refractivity contribution in [1.82, 2.24) is 5.32 Å². The number of carbonyl (C=O) groups is 2. The quantitative estimate of drug-likeness (QED) is 0.896. The molecule has 5 heteroatoms. The second-order valence-corrected chi connectivity index (χ2v) is 7.04. The molecule has 0 bridgehead atoms. The van der Waals surface area contributed by atoms with E-state index in [1.54, 1.807) is 12.1 Å². The van der Waals surface area contributed by atoms with Crippen LogP contribution in [0.15, 0.2) is 24.3 Å². The molecule has 1 aromatic carbocycles. The van der Waals surface area contributed by atoms with Crippen molar-refractivity contribution < 1.29 is 19.1 Å². The highest BCUT2D eigenvalue weighted by atomic mass is 19.1. The largest absolute Gasteiger partial charge is 0.481 e. The highest BCUT2D eigenvalue weighted by Crippen LogP contribution is 2.48. The standard InChI is InChI=1S/C18H22FNO3/c1-18(9-3-2-4-15(18)17(22)23)20-16(21)14-10-13(14)11-5-7-12(19)8-6-11/h5-8,13-15H,2-4,9-10H2,1H3,(H,20,21)(H,22,23). The summed E-state index contributed by atoms with van der Waals surface area (Å²) >= 11 is 0. The van der Waals surface area contributed by atoms with Crippen LogP contribution in [0, 0.1) is 17.7 Å². The number of nitrogens with one attached hydrogen (secondary N) is 1. The molecule has 0 aromatic heterocycles. The van der Waals surface area contributed by atoms with Crippen molar-refractivity contribution in [1.29, 1.82) is 0 Å². The van der Waals surface area contributed by atoms with Gasteiger partial charge in [0.05, 0.1) is 11.5 Å². The van der Waals surface area contributed by atoms with Gasteiger partial charge < -0.3 is 10.4 Å². The van der Waals surface area contributed by atoms with Gasteiger partial charge in [0.15, 0.2) is 0 Å². The summed E-state index contributed by atoms with van der Waals surface area (Å²) in [5.41, 5.74) is 0.298. The van der Waals surface area contributed by atoms with Gasteiger partial charge >= 0.3 is 5.97 Å². The molecule has 4 unspecified atom stereocenters. The molecular weight excluding hydrogens is 297 g/mol. The van der Waals surface area contributed by atoms with E-state index >= 15 is 0 Å². The van der Waals surface area contributed by atoms with Crippen LogP contribution in [0.25, 0.3) is 0 Å². The smallest absolute Gasteiger partial charge is 0.308 e. The maximum Gasteiger partial charge on any atom is 0.308 e. The Bertz CT molecular complexity index is 615. The van der Waals surface area contributed by atoms with E-state index in [4.69, 9.17) is 0 Å². The van der Waals surface area contributed by atoms with Gasteiger partial charge in [0.25, 0.3) is 0 Å². The normalized spacial score (nSPS) is 33.0. The second kappa shape index (κ2) is 5.95. The van der Waals surface area contributed by atoms with E-state index in [0.29, 0.717) is 12.8 Å². The van der Waals surface area contributed by atoms with E-state index in [2.05, 4.69) is 5.32 Å². The number of aliphatic carboxylic acids is 1. The first-order chi connectivity index (χ1) is 10.9. The molecule has 0 saturated heterocycles. The summed E-state index contributed by atoms with van der Waals surface area (Å²) in [6.45, 7) is 1.85. The monoisotopic (exact) mass is 319 g/mol. The Labute approximate surface area is 135 Å². The maximum atomic E-state index is 13.0. The molecule has 3 rings (SSSR count). The Balaban J connectivity index is 1.65. The van der Waals surface area contributed by atoms with Crippen molar-refractivity contribution in [3.8, 4) is 0 Å². The lowest BCUT2D eigenvalue weighted by molar-refractivity contribution is -0.146. The number of rotatable bonds is 4. The van der Waals surface area contributed by atoms with Crippen LogP contribution in [0.4, 0.5) is 4.39 Å². The Morgan fingerprint density at radius 1 is 1.26 bits per heavy atom. The average molecular weight is 319 g/mol. The lowest BCUT2D eigenvalue weighted by Crippen LogP contribution is -2.55. The summed E-state index contributed by atoms with van der Waals surface area (Å²) in [6.07, 6.45) is 3.88. The summed E-state index contributed by atoms with van der Waals surface area (Å²) in [4.78, 5) is 24.0. The summed E-state index contributed by atoms with van der Waals surface area (Å²) in [5, 5.41) is 12.4. The van der Waals surface area contributed by atoms with Gasteiger partial charge in [0.1, 0.15) is 5.82 Å². The fraction of sp³-hybridized carbons (Fsp3) is 0.556. The first-order valence-electron chi connectivity index (χ1n) is 8.21. The third kappa shape index (κ3) is 3.23. The van der Waals surface area contributed by atoms with Gasteiger partial charge in [-0.25, -0.2) is 4.39 Å². The summed E-state index contributed by atoms with van der Waals surface area (Å²) in [5.74, 6) is -1.73. The van der Waals surface area contributed by atoms with Crippen LogP contribution in [0.5, 0.6) is 0 Å². The maximum absolute atomic E-state index is 13.0. The predicted molar refractivity (Wildman–Crippen MR) is 83.4 cm³/mol. The van der Waals surface area contributed by atoms with Crippen LogP contribution >= 0.6 is 0 Å². The third-order valence-corrected chi connectivity index (χ3v) is 5.34. The van der Waals surface area contributed by atoms with Gasteiger partial charge in [0.2, 0.25) is 5.91 Å². The fourth-order valence-electron chi connectivity index (χ4n) is 3.82. The van der Waals surface area contributed by atoms with Crippen molar-refractivity contribution in [2.45, 2.75) is 50.5 Å².